The van der Waals surface area contributed by atoms with Gasteiger partial charge in [-0.25, -0.2) is 0 Å². The molecule has 2 saturated carbocycles. The van der Waals surface area contributed by atoms with Crippen molar-refractivity contribution in [3.63, 3.8) is 0 Å². The molecule has 0 aromatic heterocycles. The molecule has 0 radical (unpaired) electrons. The first-order chi connectivity index (χ1) is 13.3. The van der Waals surface area contributed by atoms with Gasteiger partial charge in [-0.05, 0) is 74.2 Å². The Morgan fingerprint density at radius 2 is 1.96 bits per heavy atom. The van der Waals surface area contributed by atoms with Gasteiger partial charge in [-0.3, -0.25) is 4.79 Å². The Labute approximate surface area is 162 Å². The second kappa shape index (κ2) is 7.12. The minimum Gasteiger partial charge on any atom is -0.457 e. The molecule has 0 unspecified atom stereocenters. The van der Waals surface area contributed by atoms with E-state index in [2.05, 4.69) is 23.5 Å². The van der Waals surface area contributed by atoms with Gasteiger partial charge in [0.25, 0.3) is 0 Å². The molecular weight excluding hydrogens is 338 g/mol. The molecule has 1 heterocycles. The highest BCUT2D eigenvalue weighted by atomic mass is 16.7. The maximum atomic E-state index is 12.1. The Kier molecular flexibility index (Phi) is 4.63. The molecule has 1 saturated heterocycles. The summed E-state index contributed by atoms with van der Waals surface area (Å²) < 4.78 is 11.2. The fraction of sp³-hybridized carbons (Fsp3) is 0.696. The van der Waals surface area contributed by atoms with E-state index in [9.17, 15) is 4.79 Å². The lowest BCUT2D eigenvalue weighted by molar-refractivity contribution is -0.154. The number of carbonyl (C=O) groups is 1. The molecule has 3 atom stereocenters. The third kappa shape index (κ3) is 3.06. The highest BCUT2D eigenvalue weighted by Gasteiger charge is 2.51. The number of hydrogen-bond acceptors (Lipinski definition) is 4. The zero-order valence-corrected chi connectivity index (χ0v) is 16.2. The third-order valence-electron chi connectivity index (χ3n) is 7.73. The fourth-order valence-electron chi connectivity index (χ4n) is 6.43. The van der Waals surface area contributed by atoms with E-state index in [1.54, 1.807) is 0 Å². The molecule has 1 N–H and O–H groups in total. The van der Waals surface area contributed by atoms with E-state index in [0.717, 1.165) is 50.3 Å². The zero-order chi connectivity index (χ0) is 18.3. The van der Waals surface area contributed by atoms with Crippen LogP contribution in [0.4, 0.5) is 0 Å². The molecular formula is C23H31NO3. The molecule has 1 aromatic rings. The zero-order valence-electron chi connectivity index (χ0n) is 16.2. The van der Waals surface area contributed by atoms with Gasteiger partial charge in [0.2, 0.25) is 6.79 Å². The van der Waals surface area contributed by atoms with Gasteiger partial charge in [-0.15, -0.1) is 0 Å². The normalized spacial score (nSPS) is 32.4. The molecule has 2 bridgehead atoms. The summed E-state index contributed by atoms with van der Waals surface area (Å²) in [7, 11) is 0. The Morgan fingerprint density at radius 3 is 2.85 bits per heavy atom. The van der Waals surface area contributed by atoms with Crippen LogP contribution in [-0.4, -0.2) is 25.3 Å². The van der Waals surface area contributed by atoms with Crippen LogP contribution in [0.25, 0.3) is 0 Å². The average molecular weight is 370 g/mol. The molecule has 4 heteroatoms. The summed E-state index contributed by atoms with van der Waals surface area (Å²) >= 11 is 0. The topological polar surface area (TPSA) is 47.6 Å². The van der Waals surface area contributed by atoms with Crippen molar-refractivity contribution in [3.05, 3.63) is 29.3 Å². The van der Waals surface area contributed by atoms with Crippen molar-refractivity contribution >= 4 is 5.97 Å². The van der Waals surface area contributed by atoms with Crippen molar-refractivity contribution in [2.45, 2.75) is 75.7 Å². The van der Waals surface area contributed by atoms with E-state index in [4.69, 9.17) is 9.47 Å². The summed E-state index contributed by atoms with van der Waals surface area (Å²) in [6, 6.07) is 7.21. The fourth-order valence-corrected chi connectivity index (χ4v) is 6.43. The monoisotopic (exact) mass is 369 g/mol. The van der Waals surface area contributed by atoms with E-state index >= 15 is 0 Å². The Balaban J connectivity index is 1.31. The van der Waals surface area contributed by atoms with Gasteiger partial charge in [0.05, 0.1) is 5.92 Å². The van der Waals surface area contributed by atoms with Crippen LogP contribution < -0.4 is 10.1 Å². The molecule has 0 spiro atoms. The van der Waals surface area contributed by atoms with Crippen molar-refractivity contribution in [1.29, 1.82) is 0 Å². The Morgan fingerprint density at radius 1 is 1.11 bits per heavy atom. The summed E-state index contributed by atoms with van der Waals surface area (Å²) in [6.45, 7) is 1.17. The van der Waals surface area contributed by atoms with E-state index in [0.29, 0.717) is 11.5 Å². The number of piperidine rings is 1. The van der Waals surface area contributed by atoms with Crippen molar-refractivity contribution in [2.75, 3.05) is 13.3 Å². The molecule has 146 valence electrons. The van der Waals surface area contributed by atoms with Crippen LogP contribution in [-0.2, 0) is 21.4 Å². The third-order valence-corrected chi connectivity index (χ3v) is 7.73. The highest BCUT2D eigenvalue weighted by Crippen LogP contribution is 2.54. The molecule has 3 fully saturated rings. The minimum absolute atomic E-state index is 0.0364. The number of rotatable bonds is 4. The molecule has 5 rings (SSSR count). The smallest absolute Gasteiger partial charge is 0.311 e. The second-order valence-corrected chi connectivity index (χ2v) is 9.05. The standard InChI is InChI=1S/C23H31NO3/c25-22(16-5-1-2-6-16)27-15-26-18-9-8-17-13-21-19-7-3-4-10-23(19,11-12-24-21)20(17)14-18/h8-9,14,16,19,21,24H,1-7,10-13,15H2/t19-,21+,23+/m1/s1. The maximum absolute atomic E-state index is 12.1. The van der Waals surface area contributed by atoms with Crippen LogP contribution in [0.2, 0.25) is 0 Å². The summed E-state index contributed by atoms with van der Waals surface area (Å²) in [5.74, 6) is 1.62. The van der Waals surface area contributed by atoms with Crippen molar-refractivity contribution in [2.24, 2.45) is 11.8 Å². The van der Waals surface area contributed by atoms with Gasteiger partial charge in [0.1, 0.15) is 5.75 Å². The van der Waals surface area contributed by atoms with Crippen LogP contribution in [0.5, 0.6) is 5.75 Å². The van der Waals surface area contributed by atoms with E-state index < -0.39 is 0 Å². The first-order valence-electron chi connectivity index (χ1n) is 10.9. The predicted molar refractivity (Wildman–Crippen MR) is 104 cm³/mol. The quantitative estimate of drug-likeness (QED) is 0.641. The van der Waals surface area contributed by atoms with Crippen LogP contribution >= 0.6 is 0 Å². The molecule has 27 heavy (non-hydrogen) atoms. The molecule has 3 aliphatic carbocycles. The number of benzene rings is 1. The number of ether oxygens (including phenoxy) is 2. The van der Waals surface area contributed by atoms with Crippen molar-refractivity contribution < 1.29 is 14.3 Å². The summed E-state index contributed by atoms with van der Waals surface area (Å²) in [5.41, 5.74) is 3.34. The summed E-state index contributed by atoms with van der Waals surface area (Å²) in [4.78, 5) is 12.1. The molecule has 1 aromatic carbocycles. The predicted octanol–water partition coefficient (Wildman–Crippen LogP) is 4.10. The van der Waals surface area contributed by atoms with Crippen LogP contribution in [0.3, 0.4) is 0 Å². The second-order valence-electron chi connectivity index (χ2n) is 9.05. The first kappa shape index (κ1) is 17.5. The number of carbonyl (C=O) groups excluding carboxylic acids is 1. The van der Waals surface area contributed by atoms with Gasteiger partial charge >= 0.3 is 5.97 Å². The highest BCUT2D eigenvalue weighted by molar-refractivity contribution is 5.72. The van der Waals surface area contributed by atoms with Crippen LogP contribution in [0.1, 0.15) is 68.9 Å². The van der Waals surface area contributed by atoms with Crippen LogP contribution in [0.15, 0.2) is 18.2 Å². The van der Waals surface area contributed by atoms with Gasteiger partial charge < -0.3 is 14.8 Å². The van der Waals surface area contributed by atoms with Gasteiger partial charge in [-0.1, -0.05) is 31.7 Å². The lowest BCUT2D eigenvalue weighted by atomic mass is 9.53. The first-order valence-corrected chi connectivity index (χ1v) is 10.9. The van der Waals surface area contributed by atoms with Gasteiger partial charge in [0.15, 0.2) is 0 Å². The number of hydrogen-bond donors (Lipinski definition) is 1. The molecule has 4 aliphatic rings. The van der Waals surface area contributed by atoms with E-state index in [1.807, 2.05) is 0 Å². The average Bonchev–Trinajstić information content (AvgIpc) is 3.23. The van der Waals surface area contributed by atoms with Gasteiger partial charge in [-0.2, -0.15) is 0 Å². The summed E-state index contributed by atoms with van der Waals surface area (Å²) in [6.07, 6.45) is 12.0. The van der Waals surface area contributed by atoms with Crippen molar-refractivity contribution in [3.8, 4) is 5.75 Å². The Bertz CT molecular complexity index is 708. The number of fused-ring (bicyclic) bond motifs is 1. The van der Waals surface area contributed by atoms with Gasteiger partial charge in [0, 0.05) is 11.5 Å². The molecule has 1 aliphatic heterocycles. The largest absolute Gasteiger partial charge is 0.457 e. The van der Waals surface area contributed by atoms with Crippen molar-refractivity contribution in [1.82, 2.24) is 5.32 Å². The maximum Gasteiger partial charge on any atom is 0.311 e. The minimum atomic E-state index is -0.0856. The Hall–Kier alpha value is -1.55. The lowest BCUT2D eigenvalue weighted by Gasteiger charge is -2.56. The summed E-state index contributed by atoms with van der Waals surface area (Å²) in [5, 5.41) is 3.78. The number of esters is 1. The molecule has 4 nitrogen and oxygen atoms in total. The lowest BCUT2D eigenvalue weighted by Crippen LogP contribution is -2.59. The van der Waals surface area contributed by atoms with E-state index in [1.165, 1.54) is 43.2 Å². The molecule has 0 amide bonds. The number of nitrogens with one attached hydrogen (secondary N) is 1. The van der Waals surface area contributed by atoms with Crippen LogP contribution in [0, 0.1) is 11.8 Å². The SMILES string of the molecule is O=C(OCOc1ccc2c(c1)[C@]13CCCC[C@@H]1[C@H](C2)NCC3)C1CCCC1. The van der Waals surface area contributed by atoms with E-state index in [-0.39, 0.29) is 18.7 Å².